The number of hydrogen-bond donors (Lipinski definition) is 1. The second-order valence-corrected chi connectivity index (χ2v) is 4.12. The third-order valence-electron chi connectivity index (χ3n) is 2.92. The number of para-hydroxylation sites is 1. The minimum absolute atomic E-state index is 0.0382. The van der Waals surface area contributed by atoms with Crippen molar-refractivity contribution in [2.24, 2.45) is 5.73 Å². The zero-order valence-corrected chi connectivity index (χ0v) is 9.76. The minimum Gasteiger partial charge on any atom is -0.324 e. The molecule has 0 fully saturated rings. The normalized spacial score (nSPS) is 12.2. The summed E-state index contributed by atoms with van der Waals surface area (Å²) in [5.74, 6) is 2.64. The molecule has 2 rings (SSSR count). The Bertz CT molecular complexity index is 535. The van der Waals surface area contributed by atoms with E-state index in [-0.39, 0.29) is 6.04 Å². The Labute approximate surface area is 102 Å². The van der Waals surface area contributed by atoms with E-state index in [0.29, 0.717) is 0 Å². The highest BCUT2D eigenvalue weighted by atomic mass is 14.7. The highest BCUT2D eigenvalue weighted by molar-refractivity contribution is 5.82. The predicted octanol–water partition coefficient (Wildman–Crippen LogP) is 3.04. The number of unbranched alkanes of at least 4 members (excludes halogenated alkanes) is 1. The molecular formula is C15H16N2. The maximum atomic E-state index is 6.21. The summed E-state index contributed by atoms with van der Waals surface area (Å²) in [7, 11) is 0. The first-order valence-electron chi connectivity index (χ1n) is 5.85. The maximum Gasteiger partial charge on any atom is 0.0705 e. The van der Waals surface area contributed by atoms with E-state index < -0.39 is 0 Å². The van der Waals surface area contributed by atoms with E-state index in [0.717, 1.165) is 35.7 Å². The number of terminal acetylenes is 1. The maximum absolute atomic E-state index is 6.21. The Balaban J connectivity index is 2.26. The molecule has 0 bridgehead atoms. The van der Waals surface area contributed by atoms with Gasteiger partial charge in [-0.25, -0.2) is 0 Å². The lowest BCUT2D eigenvalue weighted by Gasteiger charge is -2.13. The third kappa shape index (κ3) is 2.64. The van der Waals surface area contributed by atoms with Crippen LogP contribution in [-0.4, -0.2) is 4.98 Å². The lowest BCUT2D eigenvalue weighted by molar-refractivity contribution is 0.624. The van der Waals surface area contributed by atoms with Crippen LogP contribution in [0.2, 0.25) is 0 Å². The van der Waals surface area contributed by atoms with E-state index in [9.17, 15) is 0 Å². The van der Waals surface area contributed by atoms with Crippen molar-refractivity contribution in [3.63, 3.8) is 0 Å². The van der Waals surface area contributed by atoms with Crippen LogP contribution in [0.15, 0.2) is 36.5 Å². The van der Waals surface area contributed by atoms with Gasteiger partial charge in [-0.15, -0.1) is 12.3 Å². The van der Waals surface area contributed by atoms with Crippen LogP contribution in [0.1, 0.15) is 30.9 Å². The van der Waals surface area contributed by atoms with E-state index in [1.807, 2.05) is 30.5 Å². The third-order valence-corrected chi connectivity index (χ3v) is 2.92. The standard InChI is InChI=1S/C15H16N2/c1-2-3-4-8-14(16)12-10-11-17-15-9-6-5-7-13(12)15/h1,5-7,9-11,14H,3-4,8,16H2. The zero-order valence-electron chi connectivity index (χ0n) is 9.76. The number of hydrogen-bond acceptors (Lipinski definition) is 2. The van der Waals surface area contributed by atoms with Crippen LogP contribution in [0.5, 0.6) is 0 Å². The van der Waals surface area contributed by atoms with Gasteiger partial charge in [0.15, 0.2) is 0 Å². The van der Waals surface area contributed by atoms with Crippen molar-refractivity contribution in [3.05, 3.63) is 42.1 Å². The number of fused-ring (bicyclic) bond motifs is 1. The molecule has 0 radical (unpaired) electrons. The van der Waals surface area contributed by atoms with Crippen LogP contribution in [0.3, 0.4) is 0 Å². The van der Waals surface area contributed by atoms with Crippen molar-refractivity contribution in [2.45, 2.75) is 25.3 Å². The zero-order chi connectivity index (χ0) is 12.1. The average molecular weight is 224 g/mol. The lowest BCUT2D eigenvalue weighted by Crippen LogP contribution is -2.10. The molecular weight excluding hydrogens is 208 g/mol. The lowest BCUT2D eigenvalue weighted by atomic mass is 9.98. The van der Waals surface area contributed by atoms with E-state index >= 15 is 0 Å². The van der Waals surface area contributed by atoms with Gasteiger partial charge in [0.25, 0.3) is 0 Å². The highest BCUT2D eigenvalue weighted by Crippen LogP contribution is 2.24. The van der Waals surface area contributed by atoms with Crippen LogP contribution in [0.4, 0.5) is 0 Å². The molecule has 0 saturated heterocycles. The van der Waals surface area contributed by atoms with Gasteiger partial charge in [0.05, 0.1) is 5.52 Å². The van der Waals surface area contributed by atoms with Crippen molar-refractivity contribution < 1.29 is 0 Å². The fourth-order valence-electron chi connectivity index (χ4n) is 2.02. The van der Waals surface area contributed by atoms with Gasteiger partial charge < -0.3 is 5.73 Å². The van der Waals surface area contributed by atoms with E-state index in [1.54, 1.807) is 0 Å². The minimum atomic E-state index is 0.0382. The Kier molecular flexibility index (Phi) is 3.74. The van der Waals surface area contributed by atoms with Crippen molar-refractivity contribution in [1.82, 2.24) is 4.98 Å². The number of rotatable bonds is 4. The molecule has 1 heterocycles. The summed E-state index contributed by atoms with van der Waals surface area (Å²) < 4.78 is 0. The summed E-state index contributed by atoms with van der Waals surface area (Å²) in [6.45, 7) is 0. The fraction of sp³-hybridized carbons (Fsp3) is 0.267. The van der Waals surface area contributed by atoms with Gasteiger partial charge >= 0.3 is 0 Å². The smallest absolute Gasteiger partial charge is 0.0705 e. The molecule has 0 aliphatic rings. The quantitative estimate of drug-likeness (QED) is 0.640. The Hall–Kier alpha value is -1.85. The first kappa shape index (κ1) is 11.6. The molecule has 2 nitrogen and oxygen atoms in total. The highest BCUT2D eigenvalue weighted by Gasteiger charge is 2.09. The van der Waals surface area contributed by atoms with E-state index in [1.165, 1.54) is 0 Å². The van der Waals surface area contributed by atoms with Crippen molar-refractivity contribution in [3.8, 4) is 12.3 Å². The van der Waals surface area contributed by atoms with Gasteiger partial charge in [0, 0.05) is 24.0 Å². The number of aromatic nitrogens is 1. The second-order valence-electron chi connectivity index (χ2n) is 4.12. The molecule has 0 amide bonds. The molecule has 2 N–H and O–H groups in total. The van der Waals surface area contributed by atoms with Crippen molar-refractivity contribution >= 4 is 10.9 Å². The number of nitrogens with two attached hydrogens (primary N) is 1. The van der Waals surface area contributed by atoms with Gasteiger partial charge in [-0.2, -0.15) is 0 Å². The van der Waals surface area contributed by atoms with Gasteiger partial charge in [-0.05, 0) is 30.5 Å². The molecule has 0 aliphatic heterocycles. The summed E-state index contributed by atoms with van der Waals surface area (Å²) in [6, 6.07) is 10.1. The topological polar surface area (TPSA) is 38.9 Å². The summed E-state index contributed by atoms with van der Waals surface area (Å²) >= 11 is 0. The largest absolute Gasteiger partial charge is 0.324 e. The molecule has 0 aliphatic carbocycles. The van der Waals surface area contributed by atoms with Gasteiger partial charge in [-0.3, -0.25) is 4.98 Å². The number of pyridine rings is 1. The van der Waals surface area contributed by atoms with Gasteiger partial charge in [0.2, 0.25) is 0 Å². The predicted molar refractivity (Wildman–Crippen MR) is 71.4 cm³/mol. The first-order chi connectivity index (χ1) is 8.33. The van der Waals surface area contributed by atoms with Crippen LogP contribution in [0.25, 0.3) is 10.9 Å². The van der Waals surface area contributed by atoms with Crippen LogP contribution >= 0.6 is 0 Å². The van der Waals surface area contributed by atoms with Crippen LogP contribution in [-0.2, 0) is 0 Å². The second kappa shape index (κ2) is 5.47. The first-order valence-corrected chi connectivity index (χ1v) is 5.85. The molecule has 1 aromatic heterocycles. The molecule has 2 heteroatoms. The molecule has 1 unspecified atom stereocenters. The molecule has 1 atom stereocenters. The molecule has 2 aromatic rings. The monoisotopic (exact) mass is 224 g/mol. The number of benzene rings is 1. The molecule has 17 heavy (non-hydrogen) atoms. The van der Waals surface area contributed by atoms with E-state index in [2.05, 4.69) is 17.0 Å². The van der Waals surface area contributed by atoms with E-state index in [4.69, 9.17) is 12.2 Å². The number of nitrogens with zero attached hydrogens (tertiary/aromatic N) is 1. The van der Waals surface area contributed by atoms with Crippen LogP contribution in [0, 0.1) is 12.3 Å². The molecule has 0 saturated carbocycles. The van der Waals surface area contributed by atoms with Crippen molar-refractivity contribution in [1.29, 1.82) is 0 Å². The fourth-order valence-corrected chi connectivity index (χ4v) is 2.02. The Morgan fingerprint density at radius 1 is 1.29 bits per heavy atom. The molecule has 0 spiro atoms. The average Bonchev–Trinajstić information content (AvgIpc) is 2.38. The van der Waals surface area contributed by atoms with Gasteiger partial charge in [-0.1, -0.05) is 18.2 Å². The summed E-state index contributed by atoms with van der Waals surface area (Å²) in [5, 5.41) is 1.14. The molecule has 1 aromatic carbocycles. The summed E-state index contributed by atoms with van der Waals surface area (Å²) in [5.41, 5.74) is 8.36. The SMILES string of the molecule is C#CCCCC(N)c1ccnc2ccccc12. The molecule has 86 valence electrons. The van der Waals surface area contributed by atoms with Crippen molar-refractivity contribution in [2.75, 3.05) is 0 Å². The summed E-state index contributed by atoms with van der Waals surface area (Å²) in [6.07, 6.45) is 9.73. The Morgan fingerprint density at radius 2 is 2.12 bits per heavy atom. The van der Waals surface area contributed by atoms with Gasteiger partial charge in [0.1, 0.15) is 0 Å². The van der Waals surface area contributed by atoms with Crippen LogP contribution < -0.4 is 5.73 Å². The summed E-state index contributed by atoms with van der Waals surface area (Å²) in [4.78, 5) is 4.33. The Morgan fingerprint density at radius 3 is 2.94 bits per heavy atom.